The van der Waals surface area contributed by atoms with Gasteiger partial charge in [-0.15, -0.1) is 0 Å². The Bertz CT molecular complexity index is 857. The zero-order chi connectivity index (χ0) is 19.4. The van der Waals surface area contributed by atoms with Gasteiger partial charge in [-0.05, 0) is 56.4 Å². The summed E-state index contributed by atoms with van der Waals surface area (Å²) in [5, 5.41) is 2.98. The molecule has 0 saturated carbocycles. The smallest absolute Gasteiger partial charge is 0.220 e. The second-order valence-corrected chi connectivity index (χ2v) is 7.29. The summed E-state index contributed by atoms with van der Waals surface area (Å²) in [6.45, 7) is 3.93. The molecule has 1 aliphatic rings. The van der Waals surface area contributed by atoms with Gasteiger partial charge in [0, 0.05) is 24.0 Å². The Morgan fingerprint density at radius 3 is 2.63 bits per heavy atom. The number of amides is 1. The number of hydrogen-bond acceptors (Lipinski definition) is 3. The average Bonchev–Trinajstić information content (AvgIpc) is 3.13. The van der Waals surface area contributed by atoms with Crippen LogP contribution in [0.3, 0.4) is 0 Å². The molecule has 0 saturated heterocycles. The maximum Gasteiger partial charge on any atom is 0.220 e. The standard InChI is InChI=1S/C23H27NO3/c1-15-7-11-22(27-3)20(13-15)16(2)24-23(26)12-10-21(25)19-9-8-17-5-4-6-18(17)14-19/h7-9,11,13-14,16H,4-6,10,12H2,1-3H3,(H,24,26). The van der Waals surface area contributed by atoms with Gasteiger partial charge in [-0.3, -0.25) is 9.59 Å². The fourth-order valence-electron chi connectivity index (χ4n) is 3.70. The molecule has 3 rings (SSSR count). The van der Waals surface area contributed by atoms with Crippen molar-refractivity contribution in [2.75, 3.05) is 7.11 Å². The lowest BCUT2D eigenvalue weighted by Gasteiger charge is -2.18. The molecule has 4 heteroatoms. The maximum absolute atomic E-state index is 12.4. The molecule has 1 aliphatic carbocycles. The van der Waals surface area contributed by atoms with Gasteiger partial charge in [0.15, 0.2) is 5.78 Å². The van der Waals surface area contributed by atoms with Crippen LogP contribution in [0.25, 0.3) is 0 Å². The van der Waals surface area contributed by atoms with Crippen molar-refractivity contribution in [2.45, 2.75) is 52.0 Å². The third kappa shape index (κ3) is 4.57. The van der Waals surface area contributed by atoms with Gasteiger partial charge in [0.2, 0.25) is 5.91 Å². The van der Waals surface area contributed by atoms with Crippen LogP contribution in [-0.2, 0) is 17.6 Å². The largest absolute Gasteiger partial charge is 0.496 e. The first-order valence-electron chi connectivity index (χ1n) is 9.57. The van der Waals surface area contributed by atoms with E-state index in [0.29, 0.717) is 0 Å². The molecule has 27 heavy (non-hydrogen) atoms. The zero-order valence-electron chi connectivity index (χ0n) is 16.3. The van der Waals surface area contributed by atoms with E-state index in [2.05, 4.69) is 11.4 Å². The minimum absolute atomic E-state index is 0.0284. The van der Waals surface area contributed by atoms with Gasteiger partial charge in [0.25, 0.3) is 0 Å². The number of Topliss-reactive ketones (excluding diaryl/α,β-unsaturated/α-hetero) is 1. The zero-order valence-corrected chi connectivity index (χ0v) is 16.3. The summed E-state index contributed by atoms with van der Waals surface area (Å²) in [5.74, 6) is 0.656. The van der Waals surface area contributed by atoms with Crippen LogP contribution in [0.1, 0.15) is 64.8 Å². The van der Waals surface area contributed by atoms with Gasteiger partial charge in [0.05, 0.1) is 13.2 Å². The molecule has 0 spiro atoms. The first-order chi connectivity index (χ1) is 13.0. The van der Waals surface area contributed by atoms with E-state index < -0.39 is 0 Å². The number of rotatable bonds is 7. The number of aryl methyl sites for hydroxylation is 3. The Hall–Kier alpha value is -2.62. The molecule has 0 aromatic heterocycles. The second kappa shape index (κ2) is 8.38. The summed E-state index contributed by atoms with van der Waals surface area (Å²) in [4.78, 5) is 24.8. The fourth-order valence-corrected chi connectivity index (χ4v) is 3.70. The molecule has 0 heterocycles. The molecule has 1 atom stereocenters. The molecule has 2 aromatic rings. The van der Waals surface area contributed by atoms with Crippen LogP contribution in [-0.4, -0.2) is 18.8 Å². The van der Waals surface area contributed by atoms with E-state index in [4.69, 9.17) is 4.74 Å². The maximum atomic E-state index is 12.4. The lowest BCUT2D eigenvalue weighted by atomic mass is 10.0. The first kappa shape index (κ1) is 19.2. The number of fused-ring (bicyclic) bond motifs is 1. The average molecular weight is 365 g/mol. The van der Waals surface area contributed by atoms with E-state index in [9.17, 15) is 9.59 Å². The highest BCUT2D eigenvalue weighted by atomic mass is 16.5. The summed E-state index contributed by atoms with van der Waals surface area (Å²) in [7, 11) is 1.62. The first-order valence-corrected chi connectivity index (χ1v) is 9.57. The highest BCUT2D eigenvalue weighted by molar-refractivity contribution is 5.98. The van der Waals surface area contributed by atoms with E-state index in [1.807, 2.05) is 44.2 Å². The van der Waals surface area contributed by atoms with Gasteiger partial charge >= 0.3 is 0 Å². The number of ether oxygens (including phenoxy) is 1. The third-order valence-corrected chi connectivity index (χ3v) is 5.23. The SMILES string of the molecule is COc1ccc(C)cc1C(C)NC(=O)CCC(=O)c1ccc2c(c1)CCC2. The Labute approximate surface area is 160 Å². The number of carbonyl (C=O) groups excluding carboxylic acids is 2. The summed E-state index contributed by atoms with van der Waals surface area (Å²) in [5.41, 5.74) is 5.40. The van der Waals surface area contributed by atoms with E-state index in [0.717, 1.165) is 41.7 Å². The Morgan fingerprint density at radius 2 is 1.85 bits per heavy atom. The summed E-state index contributed by atoms with van der Waals surface area (Å²) in [6, 6.07) is 11.7. The number of methoxy groups -OCH3 is 1. The molecule has 0 fully saturated rings. The fraction of sp³-hybridized carbons (Fsp3) is 0.391. The quantitative estimate of drug-likeness (QED) is 0.743. The molecule has 1 unspecified atom stereocenters. The number of hydrogen-bond donors (Lipinski definition) is 1. The van der Waals surface area contributed by atoms with E-state index >= 15 is 0 Å². The molecule has 142 valence electrons. The number of ketones is 1. The lowest BCUT2D eigenvalue weighted by Crippen LogP contribution is -2.27. The molecule has 0 radical (unpaired) electrons. The molecule has 0 aliphatic heterocycles. The molecule has 1 N–H and O–H groups in total. The van der Waals surface area contributed by atoms with Crippen molar-refractivity contribution in [3.63, 3.8) is 0 Å². The van der Waals surface area contributed by atoms with Crippen LogP contribution >= 0.6 is 0 Å². The van der Waals surface area contributed by atoms with Crippen molar-refractivity contribution < 1.29 is 14.3 Å². The number of nitrogens with one attached hydrogen (secondary N) is 1. The van der Waals surface area contributed by atoms with Crippen LogP contribution in [0.5, 0.6) is 5.75 Å². The van der Waals surface area contributed by atoms with Crippen LogP contribution in [0.4, 0.5) is 0 Å². The van der Waals surface area contributed by atoms with Crippen molar-refractivity contribution in [2.24, 2.45) is 0 Å². The van der Waals surface area contributed by atoms with Crippen molar-refractivity contribution >= 4 is 11.7 Å². The van der Waals surface area contributed by atoms with Gasteiger partial charge < -0.3 is 10.1 Å². The number of carbonyl (C=O) groups is 2. The molecular weight excluding hydrogens is 338 g/mol. The molecular formula is C23H27NO3. The van der Waals surface area contributed by atoms with Crippen molar-refractivity contribution in [3.8, 4) is 5.75 Å². The monoisotopic (exact) mass is 365 g/mol. The van der Waals surface area contributed by atoms with E-state index in [1.165, 1.54) is 11.1 Å². The van der Waals surface area contributed by atoms with E-state index in [-0.39, 0.29) is 30.6 Å². The number of benzene rings is 2. The minimum atomic E-state index is -0.178. The minimum Gasteiger partial charge on any atom is -0.496 e. The van der Waals surface area contributed by atoms with Crippen LogP contribution in [0, 0.1) is 6.92 Å². The van der Waals surface area contributed by atoms with Crippen molar-refractivity contribution in [1.29, 1.82) is 0 Å². The lowest BCUT2D eigenvalue weighted by molar-refractivity contribution is -0.121. The van der Waals surface area contributed by atoms with Gasteiger partial charge in [-0.2, -0.15) is 0 Å². The second-order valence-electron chi connectivity index (χ2n) is 7.29. The molecule has 4 nitrogen and oxygen atoms in total. The van der Waals surface area contributed by atoms with Gasteiger partial charge in [0.1, 0.15) is 5.75 Å². The van der Waals surface area contributed by atoms with Crippen LogP contribution in [0.15, 0.2) is 36.4 Å². The van der Waals surface area contributed by atoms with Crippen LogP contribution in [0.2, 0.25) is 0 Å². The topological polar surface area (TPSA) is 55.4 Å². The third-order valence-electron chi connectivity index (χ3n) is 5.23. The van der Waals surface area contributed by atoms with Gasteiger partial charge in [-0.25, -0.2) is 0 Å². The Kier molecular flexibility index (Phi) is 5.94. The predicted molar refractivity (Wildman–Crippen MR) is 106 cm³/mol. The summed E-state index contributed by atoms with van der Waals surface area (Å²) in [6.07, 6.45) is 3.73. The van der Waals surface area contributed by atoms with Crippen molar-refractivity contribution in [3.05, 3.63) is 64.2 Å². The summed E-state index contributed by atoms with van der Waals surface area (Å²) >= 11 is 0. The Balaban J connectivity index is 1.56. The van der Waals surface area contributed by atoms with Crippen LogP contribution < -0.4 is 10.1 Å². The van der Waals surface area contributed by atoms with Gasteiger partial charge in [-0.1, -0.05) is 29.8 Å². The highest BCUT2D eigenvalue weighted by Gasteiger charge is 2.17. The van der Waals surface area contributed by atoms with E-state index in [1.54, 1.807) is 7.11 Å². The predicted octanol–water partition coefficient (Wildman–Crippen LogP) is 4.33. The highest BCUT2D eigenvalue weighted by Crippen LogP contribution is 2.26. The van der Waals surface area contributed by atoms with Crippen molar-refractivity contribution in [1.82, 2.24) is 5.32 Å². The normalized spacial score (nSPS) is 13.7. The molecule has 0 bridgehead atoms. The summed E-state index contributed by atoms with van der Waals surface area (Å²) < 4.78 is 5.39. The molecule has 2 aromatic carbocycles. The molecule has 1 amide bonds. The Morgan fingerprint density at radius 1 is 1.07 bits per heavy atom.